The standard InChI is InChI=1S/C68H112O6/c1-4-7-10-13-16-19-22-25-28-30-32-33-34-36-37-40-43-46-49-52-55-58-61-67(70)73-64-65(63-72-66(69)60-57-54-51-48-45-42-39-27-24-21-18-15-12-9-6-3)74-68(71)62-59-56-53-50-47-44-41-38-35-31-29-26-23-20-17-14-11-8-5-2/h8-9,11-12,17-18,20-21,26-27,29,35,38-39,44-45,47-48,54,57,65H,4-7,10,13-16,19,22-25,28,30-34,36-37,40-43,46,49-53,55-56,58-64H2,1-3H3/b11-8-,12-9-,20-17-,21-18-,29-26-,38-35-,39-27-,47-44-,48-45-,57-54-. The van der Waals surface area contributed by atoms with Crippen LogP contribution in [0.25, 0.3) is 0 Å². The van der Waals surface area contributed by atoms with Gasteiger partial charge in [0.25, 0.3) is 0 Å². The van der Waals surface area contributed by atoms with Crippen molar-refractivity contribution in [3.05, 3.63) is 122 Å². The Kier molecular flexibility index (Phi) is 57.9. The first kappa shape index (κ1) is 69.8. The Balaban J connectivity index is 4.48. The van der Waals surface area contributed by atoms with Crippen LogP contribution in [0.15, 0.2) is 122 Å². The highest BCUT2D eigenvalue weighted by Crippen LogP contribution is 2.16. The first-order valence-corrected chi connectivity index (χ1v) is 30.5. The number of hydrogen-bond acceptors (Lipinski definition) is 6. The van der Waals surface area contributed by atoms with Gasteiger partial charge in [-0.25, -0.2) is 0 Å². The zero-order valence-corrected chi connectivity index (χ0v) is 48.1. The molecule has 1 unspecified atom stereocenters. The molecule has 0 spiro atoms. The van der Waals surface area contributed by atoms with Gasteiger partial charge >= 0.3 is 17.9 Å². The summed E-state index contributed by atoms with van der Waals surface area (Å²) in [5, 5.41) is 0. The topological polar surface area (TPSA) is 78.9 Å². The first-order chi connectivity index (χ1) is 36.5. The summed E-state index contributed by atoms with van der Waals surface area (Å²) in [6.07, 6.45) is 85.2. The second-order valence-corrected chi connectivity index (χ2v) is 19.9. The Hall–Kier alpha value is -4.19. The molecular weight excluding hydrogens is 913 g/mol. The van der Waals surface area contributed by atoms with E-state index in [9.17, 15) is 14.4 Å². The Morgan fingerprint density at radius 1 is 0.297 bits per heavy atom. The van der Waals surface area contributed by atoms with E-state index in [4.69, 9.17) is 14.2 Å². The highest BCUT2D eigenvalue weighted by Gasteiger charge is 2.19. The average Bonchev–Trinajstić information content (AvgIpc) is 3.40. The van der Waals surface area contributed by atoms with Crippen molar-refractivity contribution in [2.45, 2.75) is 277 Å². The van der Waals surface area contributed by atoms with Crippen molar-refractivity contribution < 1.29 is 28.6 Å². The van der Waals surface area contributed by atoms with Crippen LogP contribution in [0.1, 0.15) is 271 Å². The predicted octanol–water partition coefficient (Wildman–Crippen LogP) is 20.8. The maximum atomic E-state index is 12.9. The van der Waals surface area contributed by atoms with Crippen LogP contribution in [0.4, 0.5) is 0 Å². The van der Waals surface area contributed by atoms with Crippen LogP contribution in [0.3, 0.4) is 0 Å². The van der Waals surface area contributed by atoms with Gasteiger partial charge in [-0.2, -0.15) is 0 Å². The van der Waals surface area contributed by atoms with Crippen molar-refractivity contribution in [1.29, 1.82) is 0 Å². The van der Waals surface area contributed by atoms with Crippen molar-refractivity contribution in [3.8, 4) is 0 Å². The second-order valence-electron chi connectivity index (χ2n) is 19.9. The number of unbranched alkanes of at least 4 members (excludes halogenated alkanes) is 24. The molecule has 0 fully saturated rings. The molecule has 0 aliphatic rings. The van der Waals surface area contributed by atoms with E-state index >= 15 is 0 Å². The minimum atomic E-state index is -0.838. The zero-order chi connectivity index (χ0) is 53.6. The molecule has 0 amide bonds. The Labute approximate surface area is 456 Å². The van der Waals surface area contributed by atoms with E-state index in [0.29, 0.717) is 12.8 Å². The Morgan fingerprint density at radius 3 is 0.946 bits per heavy atom. The summed E-state index contributed by atoms with van der Waals surface area (Å²) in [4.78, 5) is 38.2. The molecule has 0 N–H and O–H groups in total. The van der Waals surface area contributed by atoms with Crippen LogP contribution in [-0.2, 0) is 28.6 Å². The summed E-state index contributed by atoms with van der Waals surface area (Å²) in [6.45, 7) is 6.31. The number of rotatable bonds is 54. The van der Waals surface area contributed by atoms with E-state index in [1.165, 1.54) is 122 Å². The molecule has 0 aromatic rings. The molecule has 0 aliphatic carbocycles. The quantitative estimate of drug-likeness (QED) is 0.0261. The molecule has 1 atom stereocenters. The summed E-state index contributed by atoms with van der Waals surface area (Å²) in [7, 11) is 0. The normalized spacial score (nSPS) is 13.0. The number of ether oxygens (including phenoxy) is 3. The fourth-order valence-corrected chi connectivity index (χ4v) is 8.25. The molecule has 0 saturated heterocycles. The van der Waals surface area contributed by atoms with Gasteiger partial charge in [0.2, 0.25) is 0 Å². The van der Waals surface area contributed by atoms with Crippen LogP contribution in [0, 0.1) is 0 Å². The highest BCUT2D eigenvalue weighted by atomic mass is 16.6. The van der Waals surface area contributed by atoms with E-state index in [2.05, 4.69) is 130 Å². The summed E-state index contributed by atoms with van der Waals surface area (Å²) in [5.74, 6) is -1.09. The molecule has 6 nitrogen and oxygen atoms in total. The lowest BCUT2D eigenvalue weighted by molar-refractivity contribution is -0.166. The third-order valence-electron chi connectivity index (χ3n) is 12.7. The van der Waals surface area contributed by atoms with Gasteiger partial charge < -0.3 is 14.2 Å². The first-order valence-electron chi connectivity index (χ1n) is 30.5. The van der Waals surface area contributed by atoms with Crippen LogP contribution < -0.4 is 0 Å². The van der Waals surface area contributed by atoms with Crippen molar-refractivity contribution in [3.63, 3.8) is 0 Å². The molecule has 0 radical (unpaired) electrons. The summed E-state index contributed by atoms with van der Waals surface area (Å²) in [6, 6.07) is 0. The Morgan fingerprint density at radius 2 is 0.581 bits per heavy atom. The molecule has 0 heterocycles. The predicted molar refractivity (Wildman–Crippen MR) is 320 cm³/mol. The number of carbonyl (C=O) groups is 3. The van der Waals surface area contributed by atoms with Gasteiger partial charge in [0.05, 0.1) is 6.42 Å². The third-order valence-corrected chi connectivity index (χ3v) is 12.7. The van der Waals surface area contributed by atoms with Gasteiger partial charge in [-0.05, 0) is 89.9 Å². The third kappa shape index (κ3) is 58.7. The van der Waals surface area contributed by atoms with Crippen LogP contribution in [0.5, 0.6) is 0 Å². The molecule has 0 aromatic carbocycles. The average molecular weight is 1030 g/mol. The van der Waals surface area contributed by atoms with E-state index in [0.717, 1.165) is 103 Å². The maximum Gasteiger partial charge on any atom is 0.309 e. The van der Waals surface area contributed by atoms with Gasteiger partial charge in [0.1, 0.15) is 13.2 Å². The lowest BCUT2D eigenvalue weighted by Crippen LogP contribution is -2.30. The maximum absolute atomic E-state index is 12.9. The lowest BCUT2D eigenvalue weighted by Gasteiger charge is -2.18. The second kappa shape index (κ2) is 61.4. The molecule has 6 heteroatoms. The Bertz CT molecular complexity index is 1550. The van der Waals surface area contributed by atoms with Crippen LogP contribution in [-0.4, -0.2) is 37.2 Å². The van der Waals surface area contributed by atoms with Crippen LogP contribution in [0.2, 0.25) is 0 Å². The van der Waals surface area contributed by atoms with E-state index in [1.807, 2.05) is 6.08 Å². The van der Waals surface area contributed by atoms with E-state index < -0.39 is 12.1 Å². The molecule has 0 saturated carbocycles. The molecule has 0 aromatic heterocycles. The number of allylic oxidation sites excluding steroid dienone is 19. The fourth-order valence-electron chi connectivity index (χ4n) is 8.25. The smallest absolute Gasteiger partial charge is 0.309 e. The highest BCUT2D eigenvalue weighted by molar-refractivity contribution is 5.72. The van der Waals surface area contributed by atoms with Crippen molar-refractivity contribution in [2.24, 2.45) is 0 Å². The largest absolute Gasteiger partial charge is 0.462 e. The molecular formula is C68H112O6. The van der Waals surface area contributed by atoms with Gasteiger partial charge in [-0.15, -0.1) is 0 Å². The molecule has 0 bridgehead atoms. The van der Waals surface area contributed by atoms with E-state index in [1.54, 1.807) is 6.08 Å². The van der Waals surface area contributed by atoms with Gasteiger partial charge in [-0.1, -0.05) is 284 Å². The molecule has 0 aliphatic heterocycles. The van der Waals surface area contributed by atoms with Gasteiger partial charge in [0.15, 0.2) is 6.10 Å². The minimum Gasteiger partial charge on any atom is -0.462 e. The minimum absolute atomic E-state index is 0.116. The van der Waals surface area contributed by atoms with Crippen LogP contribution >= 0.6 is 0 Å². The summed E-state index contributed by atoms with van der Waals surface area (Å²) in [5.41, 5.74) is 0. The van der Waals surface area contributed by atoms with Crippen molar-refractivity contribution in [2.75, 3.05) is 13.2 Å². The van der Waals surface area contributed by atoms with Gasteiger partial charge in [-0.3, -0.25) is 14.4 Å². The van der Waals surface area contributed by atoms with E-state index in [-0.39, 0.29) is 38.0 Å². The molecule has 0 rings (SSSR count). The summed E-state index contributed by atoms with van der Waals surface area (Å²) < 4.78 is 16.8. The molecule has 74 heavy (non-hydrogen) atoms. The monoisotopic (exact) mass is 1020 g/mol. The van der Waals surface area contributed by atoms with Crippen molar-refractivity contribution in [1.82, 2.24) is 0 Å². The molecule has 420 valence electrons. The lowest BCUT2D eigenvalue weighted by atomic mass is 10.0. The fraction of sp³-hybridized carbons (Fsp3) is 0.662. The number of esters is 3. The number of hydrogen-bond donors (Lipinski definition) is 0. The van der Waals surface area contributed by atoms with Gasteiger partial charge in [0, 0.05) is 12.8 Å². The zero-order valence-electron chi connectivity index (χ0n) is 48.1. The van der Waals surface area contributed by atoms with Crippen molar-refractivity contribution >= 4 is 17.9 Å². The SMILES string of the molecule is CC/C=C\C/C=C\C/C=C\C/C=C\C/C=C\CCCCCC(=O)OC(COC(=O)C/C=C\C/C=C\C/C=C\C/C=C\C/C=C\CC)COC(=O)CCCCCCCCCCCCCCCCCCCCCCCC. The number of carbonyl (C=O) groups excluding carboxylic acids is 3. The summed E-state index contributed by atoms with van der Waals surface area (Å²) >= 11 is 0.